The van der Waals surface area contributed by atoms with Gasteiger partial charge in [0.1, 0.15) is 0 Å². The van der Waals surface area contributed by atoms with E-state index in [0.717, 1.165) is 25.3 Å². The molecule has 2 aromatic carbocycles. The number of unbranched alkanes of at least 4 members (excludes halogenated alkanes) is 2. The van der Waals surface area contributed by atoms with Crippen LogP contribution in [0.15, 0.2) is 48.5 Å². The Morgan fingerprint density at radius 2 is 1.71 bits per heavy atom. The molecule has 0 bridgehead atoms. The van der Waals surface area contributed by atoms with E-state index in [9.17, 15) is 8.78 Å². The molecule has 0 spiro atoms. The minimum Gasteiger partial charge on any atom is -0.378 e. The van der Waals surface area contributed by atoms with Crippen molar-refractivity contribution in [2.75, 3.05) is 5.32 Å². The van der Waals surface area contributed by atoms with E-state index in [1.165, 1.54) is 18.1 Å². The molecule has 1 unspecified atom stereocenters. The zero-order valence-corrected chi connectivity index (χ0v) is 12.3. The van der Waals surface area contributed by atoms with Crippen LogP contribution in [0.5, 0.6) is 0 Å². The van der Waals surface area contributed by atoms with Crippen molar-refractivity contribution < 1.29 is 8.78 Å². The quantitative estimate of drug-likeness (QED) is 0.645. The fourth-order valence-corrected chi connectivity index (χ4v) is 2.39. The molecule has 3 heteroatoms. The van der Waals surface area contributed by atoms with Gasteiger partial charge in [0.15, 0.2) is 11.6 Å². The number of benzene rings is 2. The molecular weight excluding hydrogens is 268 g/mol. The second-order valence-corrected chi connectivity index (χ2v) is 5.23. The van der Waals surface area contributed by atoms with E-state index in [2.05, 4.69) is 24.4 Å². The van der Waals surface area contributed by atoms with Crippen molar-refractivity contribution in [3.63, 3.8) is 0 Å². The van der Waals surface area contributed by atoms with E-state index < -0.39 is 11.6 Å². The molecule has 0 radical (unpaired) electrons. The van der Waals surface area contributed by atoms with E-state index in [4.69, 9.17) is 0 Å². The van der Waals surface area contributed by atoms with Crippen LogP contribution in [-0.4, -0.2) is 0 Å². The van der Waals surface area contributed by atoms with Gasteiger partial charge in [0.25, 0.3) is 0 Å². The van der Waals surface area contributed by atoms with Gasteiger partial charge in [-0.3, -0.25) is 0 Å². The molecule has 0 amide bonds. The lowest BCUT2D eigenvalue weighted by Crippen LogP contribution is -2.11. The highest BCUT2D eigenvalue weighted by molar-refractivity contribution is 5.46. The number of rotatable bonds is 7. The standard InChI is InChI=1S/C18H21F2N/c1-2-3-5-10-18(14-8-6-4-7-9-14)21-15-11-12-16(19)17(20)13-15/h4,6-9,11-13,18,21H,2-3,5,10H2,1H3. The molecule has 1 nitrogen and oxygen atoms in total. The summed E-state index contributed by atoms with van der Waals surface area (Å²) in [4.78, 5) is 0. The van der Waals surface area contributed by atoms with Crippen LogP contribution < -0.4 is 5.32 Å². The predicted octanol–water partition coefficient (Wildman–Crippen LogP) is 5.70. The monoisotopic (exact) mass is 289 g/mol. The smallest absolute Gasteiger partial charge is 0.160 e. The van der Waals surface area contributed by atoms with Crippen LogP contribution in [0.2, 0.25) is 0 Å². The van der Waals surface area contributed by atoms with Crippen molar-refractivity contribution in [3.05, 3.63) is 65.7 Å². The summed E-state index contributed by atoms with van der Waals surface area (Å²) in [7, 11) is 0. The summed E-state index contributed by atoms with van der Waals surface area (Å²) in [6, 6.07) is 14.1. The summed E-state index contributed by atoms with van der Waals surface area (Å²) in [5, 5.41) is 3.32. The van der Waals surface area contributed by atoms with Crippen LogP contribution in [0.25, 0.3) is 0 Å². The second-order valence-electron chi connectivity index (χ2n) is 5.23. The predicted molar refractivity (Wildman–Crippen MR) is 83.3 cm³/mol. The highest BCUT2D eigenvalue weighted by Gasteiger charge is 2.12. The Morgan fingerprint density at radius 1 is 0.952 bits per heavy atom. The Labute approximate surface area is 125 Å². The molecule has 0 saturated heterocycles. The molecule has 0 aromatic heterocycles. The third kappa shape index (κ3) is 4.55. The Morgan fingerprint density at radius 3 is 2.38 bits per heavy atom. The Hall–Kier alpha value is -1.90. The lowest BCUT2D eigenvalue weighted by Gasteiger charge is -2.20. The zero-order chi connectivity index (χ0) is 15.1. The molecule has 0 heterocycles. The number of halogens is 2. The first-order chi connectivity index (χ1) is 10.2. The van der Waals surface area contributed by atoms with Crippen LogP contribution in [-0.2, 0) is 0 Å². The summed E-state index contributed by atoms with van der Waals surface area (Å²) in [6.45, 7) is 2.17. The molecule has 0 saturated carbocycles. The van der Waals surface area contributed by atoms with E-state index in [1.54, 1.807) is 6.07 Å². The fourth-order valence-electron chi connectivity index (χ4n) is 2.39. The Kier molecular flexibility index (Phi) is 5.73. The molecule has 0 fully saturated rings. The maximum atomic E-state index is 13.3. The van der Waals surface area contributed by atoms with Crippen LogP contribution in [0.4, 0.5) is 14.5 Å². The topological polar surface area (TPSA) is 12.0 Å². The lowest BCUT2D eigenvalue weighted by molar-refractivity contribution is 0.508. The highest BCUT2D eigenvalue weighted by atomic mass is 19.2. The summed E-state index contributed by atoms with van der Waals surface area (Å²) in [6.07, 6.45) is 4.40. The van der Waals surface area contributed by atoms with Crippen molar-refractivity contribution in [3.8, 4) is 0 Å². The van der Waals surface area contributed by atoms with E-state index in [1.807, 2.05) is 18.2 Å². The first kappa shape index (κ1) is 15.5. The fraction of sp³-hybridized carbons (Fsp3) is 0.333. The van der Waals surface area contributed by atoms with Crippen molar-refractivity contribution in [1.29, 1.82) is 0 Å². The van der Waals surface area contributed by atoms with Gasteiger partial charge >= 0.3 is 0 Å². The van der Waals surface area contributed by atoms with Crippen molar-refractivity contribution in [2.45, 2.75) is 38.6 Å². The Balaban J connectivity index is 2.13. The summed E-state index contributed by atoms with van der Waals surface area (Å²) in [5.74, 6) is -1.64. The van der Waals surface area contributed by atoms with Gasteiger partial charge in [-0.2, -0.15) is 0 Å². The SMILES string of the molecule is CCCCCC(Nc1ccc(F)c(F)c1)c1ccccc1. The minimum atomic E-state index is -0.819. The van der Waals surface area contributed by atoms with E-state index in [-0.39, 0.29) is 6.04 Å². The van der Waals surface area contributed by atoms with Crippen LogP contribution in [0.3, 0.4) is 0 Å². The van der Waals surface area contributed by atoms with Gasteiger partial charge in [0.2, 0.25) is 0 Å². The average molecular weight is 289 g/mol. The maximum Gasteiger partial charge on any atom is 0.160 e. The first-order valence-electron chi connectivity index (χ1n) is 7.47. The minimum absolute atomic E-state index is 0.114. The number of hydrogen-bond acceptors (Lipinski definition) is 1. The molecular formula is C18H21F2N. The van der Waals surface area contributed by atoms with Crippen LogP contribution >= 0.6 is 0 Å². The van der Waals surface area contributed by atoms with E-state index in [0.29, 0.717) is 5.69 Å². The summed E-state index contributed by atoms with van der Waals surface area (Å²) < 4.78 is 26.3. The third-order valence-electron chi connectivity index (χ3n) is 3.56. The molecule has 0 aliphatic heterocycles. The normalized spacial score (nSPS) is 12.1. The zero-order valence-electron chi connectivity index (χ0n) is 12.3. The van der Waals surface area contributed by atoms with Crippen LogP contribution in [0, 0.1) is 11.6 Å². The third-order valence-corrected chi connectivity index (χ3v) is 3.56. The number of nitrogens with one attached hydrogen (secondary N) is 1. The molecule has 112 valence electrons. The number of anilines is 1. The van der Waals surface area contributed by atoms with Crippen molar-refractivity contribution >= 4 is 5.69 Å². The molecule has 21 heavy (non-hydrogen) atoms. The Bertz CT molecular complexity index is 554. The van der Waals surface area contributed by atoms with Gasteiger partial charge in [0, 0.05) is 11.8 Å². The van der Waals surface area contributed by atoms with Crippen LogP contribution in [0.1, 0.15) is 44.2 Å². The molecule has 0 aliphatic rings. The van der Waals surface area contributed by atoms with Gasteiger partial charge in [-0.05, 0) is 24.1 Å². The van der Waals surface area contributed by atoms with Gasteiger partial charge < -0.3 is 5.32 Å². The average Bonchev–Trinajstić information content (AvgIpc) is 2.51. The van der Waals surface area contributed by atoms with Crippen molar-refractivity contribution in [2.24, 2.45) is 0 Å². The van der Waals surface area contributed by atoms with Gasteiger partial charge in [-0.15, -0.1) is 0 Å². The lowest BCUT2D eigenvalue weighted by atomic mass is 10.00. The first-order valence-corrected chi connectivity index (χ1v) is 7.47. The second kappa shape index (κ2) is 7.77. The van der Waals surface area contributed by atoms with E-state index >= 15 is 0 Å². The van der Waals surface area contributed by atoms with Gasteiger partial charge in [-0.25, -0.2) is 8.78 Å². The summed E-state index contributed by atoms with van der Waals surface area (Å²) >= 11 is 0. The molecule has 0 aliphatic carbocycles. The number of hydrogen-bond donors (Lipinski definition) is 1. The highest BCUT2D eigenvalue weighted by Crippen LogP contribution is 2.25. The largest absolute Gasteiger partial charge is 0.378 e. The molecule has 2 aromatic rings. The molecule has 1 atom stereocenters. The molecule has 2 rings (SSSR count). The van der Waals surface area contributed by atoms with Gasteiger partial charge in [0.05, 0.1) is 6.04 Å². The summed E-state index contributed by atoms with van der Waals surface area (Å²) in [5.41, 5.74) is 1.78. The van der Waals surface area contributed by atoms with Gasteiger partial charge in [-0.1, -0.05) is 56.5 Å². The van der Waals surface area contributed by atoms with Crippen molar-refractivity contribution in [1.82, 2.24) is 0 Å². The maximum absolute atomic E-state index is 13.3. The molecule has 1 N–H and O–H groups in total.